The molecule has 1 aromatic carbocycles. The van der Waals surface area contributed by atoms with E-state index < -0.39 is 10.9 Å². The molecule has 0 unspecified atom stereocenters. The molecule has 0 spiro atoms. The Bertz CT molecular complexity index is 662. The van der Waals surface area contributed by atoms with Crippen molar-refractivity contribution in [1.29, 1.82) is 0 Å². The summed E-state index contributed by atoms with van der Waals surface area (Å²) in [6.07, 6.45) is 2.03. The topological polar surface area (TPSA) is 102 Å². The minimum atomic E-state index is -0.746. The first-order valence-corrected chi connectivity index (χ1v) is 8.39. The van der Waals surface area contributed by atoms with Crippen LogP contribution in [0.25, 0.3) is 0 Å². The van der Waals surface area contributed by atoms with Crippen molar-refractivity contribution in [2.75, 3.05) is 31.6 Å². The van der Waals surface area contributed by atoms with E-state index in [2.05, 4.69) is 12.2 Å². The Morgan fingerprint density at radius 1 is 1.44 bits per heavy atom. The number of nitrogens with one attached hydrogen (secondary N) is 1. The Morgan fingerprint density at radius 3 is 2.84 bits per heavy atom. The SMILES string of the molecule is CCNc1ccc(C(=O)OCC(=O)N2CCC[C@@H](C)C2)cc1[N+](=O)[O-]. The molecular weight excluding hydrogens is 326 g/mol. The predicted octanol–water partition coefficient (Wildman–Crippen LogP) is 2.44. The van der Waals surface area contributed by atoms with Gasteiger partial charge in [-0.25, -0.2) is 4.79 Å². The highest BCUT2D eigenvalue weighted by atomic mass is 16.6. The monoisotopic (exact) mass is 349 g/mol. The Balaban J connectivity index is 1.99. The third-order valence-corrected chi connectivity index (χ3v) is 4.13. The molecule has 8 nitrogen and oxygen atoms in total. The Morgan fingerprint density at radius 2 is 2.20 bits per heavy atom. The van der Waals surface area contributed by atoms with Crippen LogP contribution in [0, 0.1) is 16.0 Å². The lowest BCUT2D eigenvalue weighted by Crippen LogP contribution is -2.41. The van der Waals surface area contributed by atoms with E-state index in [9.17, 15) is 19.7 Å². The van der Waals surface area contributed by atoms with Gasteiger partial charge >= 0.3 is 5.97 Å². The average molecular weight is 349 g/mol. The van der Waals surface area contributed by atoms with Crippen LogP contribution in [0.4, 0.5) is 11.4 Å². The van der Waals surface area contributed by atoms with Gasteiger partial charge in [-0.1, -0.05) is 6.92 Å². The summed E-state index contributed by atoms with van der Waals surface area (Å²) in [7, 11) is 0. The number of rotatable bonds is 6. The first-order valence-electron chi connectivity index (χ1n) is 8.39. The lowest BCUT2D eigenvalue weighted by molar-refractivity contribution is -0.384. The van der Waals surface area contributed by atoms with E-state index in [1.807, 2.05) is 6.92 Å². The second kappa shape index (κ2) is 8.46. The number of likely N-dealkylation sites (tertiary alicyclic amines) is 1. The highest BCUT2D eigenvalue weighted by Crippen LogP contribution is 2.25. The van der Waals surface area contributed by atoms with Crippen LogP contribution in [-0.4, -0.2) is 47.9 Å². The number of piperidine rings is 1. The molecule has 0 bridgehead atoms. The second-order valence-electron chi connectivity index (χ2n) is 6.18. The van der Waals surface area contributed by atoms with Crippen molar-refractivity contribution in [3.05, 3.63) is 33.9 Å². The lowest BCUT2D eigenvalue weighted by Gasteiger charge is -2.30. The number of hydrogen-bond acceptors (Lipinski definition) is 6. The highest BCUT2D eigenvalue weighted by Gasteiger charge is 2.23. The fourth-order valence-corrected chi connectivity index (χ4v) is 2.87. The summed E-state index contributed by atoms with van der Waals surface area (Å²) in [5.74, 6) is -0.544. The largest absolute Gasteiger partial charge is 0.452 e. The van der Waals surface area contributed by atoms with Crippen LogP contribution >= 0.6 is 0 Å². The van der Waals surface area contributed by atoms with Crippen LogP contribution in [0.5, 0.6) is 0 Å². The Hall–Kier alpha value is -2.64. The molecule has 0 aromatic heterocycles. The summed E-state index contributed by atoms with van der Waals surface area (Å²) in [5.41, 5.74) is 0.183. The van der Waals surface area contributed by atoms with E-state index in [1.165, 1.54) is 12.1 Å². The van der Waals surface area contributed by atoms with Crippen LogP contribution in [0.2, 0.25) is 0 Å². The third-order valence-electron chi connectivity index (χ3n) is 4.13. The molecule has 0 saturated carbocycles. The van der Waals surface area contributed by atoms with Gasteiger partial charge in [-0.3, -0.25) is 14.9 Å². The van der Waals surface area contributed by atoms with Gasteiger partial charge in [-0.05, 0) is 37.8 Å². The van der Waals surface area contributed by atoms with Crippen molar-refractivity contribution in [3.8, 4) is 0 Å². The molecule has 0 aliphatic carbocycles. The number of ether oxygens (including phenoxy) is 1. The van der Waals surface area contributed by atoms with Crippen LogP contribution in [0.3, 0.4) is 0 Å². The molecule has 8 heteroatoms. The molecule has 2 rings (SSSR count). The van der Waals surface area contributed by atoms with E-state index in [4.69, 9.17) is 4.74 Å². The smallest absolute Gasteiger partial charge is 0.338 e. The minimum absolute atomic E-state index is 0.0492. The number of amides is 1. The maximum Gasteiger partial charge on any atom is 0.338 e. The molecule has 1 heterocycles. The van der Waals surface area contributed by atoms with E-state index in [1.54, 1.807) is 4.90 Å². The zero-order valence-corrected chi connectivity index (χ0v) is 14.5. The molecule has 1 amide bonds. The molecule has 0 radical (unpaired) electrons. The summed E-state index contributed by atoms with van der Waals surface area (Å²) in [6, 6.07) is 4.07. The van der Waals surface area contributed by atoms with Gasteiger partial charge in [-0.2, -0.15) is 0 Å². The molecule has 136 valence electrons. The number of anilines is 1. The Labute approximate surface area is 146 Å². The number of benzene rings is 1. The number of nitro groups is 1. The predicted molar refractivity (Wildman–Crippen MR) is 92.5 cm³/mol. The normalized spacial score (nSPS) is 17.0. The lowest BCUT2D eigenvalue weighted by atomic mass is 10.0. The van der Waals surface area contributed by atoms with E-state index in [0.29, 0.717) is 31.2 Å². The van der Waals surface area contributed by atoms with Crippen LogP contribution in [0.15, 0.2) is 18.2 Å². The van der Waals surface area contributed by atoms with E-state index >= 15 is 0 Å². The van der Waals surface area contributed by atoms with Gasteiger partial charge in [0.2, 0.25) is 0 Å². The van der Waals surface area contributed by atoms with Crippen LogP contribution in [-0.2, 0) is 9.53 Å². The van der Waals surface area contributed by atoms with Crippen molar-refractivity contribution in [1.82, 2.24) is 4.90 Å². The molecule has 1 atom stereocenters. The second-order valence-corrected chi connectivity index (χ2v) is 6.18. The Kier molecular flexibility index (Phi) is 6.32. The van der Waals surface area contributed by atoms with Gasteiger partial charge < -0.3 is 15.0 Å². The summed E-state index contributed by atoms with van der Waals surface area (Å²) in [4.78, 5) is 36.5. The number of nitrogens with zero attached hydrogens (tertiary/aromatic N) is 2. The molecule has 1 fully saturated rings. The van der Waals surface area contributed by atoms with Gasteiger partial charge in [0.15, 0.2) is 6.61 Å². The molecular formula is C17H23N3O5. The number of carbonyl (C=O) groups is 2. The number of hydrogen-bond donors (Lipinski definition) is 1. The number of esters is 1. The zero-order valence-electron chi connectivity index (χ0n) is 14.5. The van der Waals surface area contributed by atoms with Crippen molar-refractivity contribution < 1.29 is 19.2 Å². The fourth-order valence-electron chi connectivity index (χ4n) is 2.87. The van der Waals surface area contributed by atoms with Gasteiger partial charge in [0, 0.05) is 25.7 Å². The molecule has 1 N–H and O–H groups in total. The third kappa shape index (κ3) is 4.91. The average Bonchev–Trinajstić information content (AvgIpc) is 2.59. The summed E-state index contributed by atoms with van der Waals surface area (Å²) < 4.78 is 5.04. The van der Waals surface area contributed by atoms with Gasteiger partial charge in [-0.15, -0.1) is 0 Å². The molecule has 1 saturated heterocycles. The summed E-state index contributed by atoms with van der Waals surface area (Å²) >= 11 is 0. The van der Waals surface area contributed by atoms with Crippen LogP contribution < -0.4 is 5.32 Å². The standard InChI is InChI=1S/C17H23N3O5/c1-3-18-14-7-6-13(9-15(14)20(23)24)17(22)25-11-16(21)19-8-4-5-12(2)10-19/h6-7,9,12,18H,3-5,8,10-11H2,1-2H3/t12-/m1/s1. The van der Waals surface area contributed by atoms with E-state index in [-0.39, 0.29) is 23.8 Å². The van der Waals surface area contributed by atoms with Gasteiger partial charge in [0.1, 0.15) is 5.69 Å². The van der Waals surface area contributed by atoms with Crippen molar-refractivity contribution >= 4 is 23.3 Å². The summed E-state index contributed by atoms with van der Waals surface area (Å²) in [6.45, 7) is 5.40. The van der Waals surface area contributed by atoms with E-state index in [0.717, 1.165) is 18.9 Å². The molecule has 1 aliphatic rings. The van der Waals surface area contributed by atoms with Crippen molar-refractivity contribution in [2.45, 2.75) is 26.7 Å². The van der Waals surface area contributed by atoms with Gasteiger partial charge in [0.05, 0.1) is 10.5 Å². The fraction of sp³-hybridized carbons (Fsp3) is 0.529. The number of carbonyl (C=O) groups excluding carboxylic acids is 2. The molecule has 1 aromatic rings. The van der Waals surface area contributed by atoms with Crippen molar-refractivity contribution in [2.24, 2.45) is 5.92 Å². The molecule has 25 heavy (non-hydrogen) atoms. The maximum atomic E-state index is 12.1. The molecule has 1 aliphatic heterocycles. The number of nitro benzene ring substituents is 1. The minimum Gasteiger partial charge on any atom is -0.452 e. The van der Waals surface area contributed by atoms with Gasteiger partial charge in [0.25, 0.3) is 11.6 Å². The first-order chi connectivity index (χ1) is 11.9. The quantitative estimate of drug-likeness (QED) is 0.481. The van der Waals surface area contributed by atoms with Crippen molar-refractivity contribution in [3.63, 3.8) is 0 Å². The zero-order chi connectivity index (χ0) is 18.4. The highest BCUT2D eigenvalue weighted by molar-refractivity contribution is 5.93. The first kappa shape index (κ1) is 18.7. The van der Waals surface area contributed by atoms with Crippen LogP contribution in [0.1, 0.15) is 37.0 Å². The summed E-state index contributed by atoms with van der Waals surface area (Å²) in [5, 5.41) is 14.0. The maximum absolute atomic E-state index is 12.1.